The van der Waals surface area contributed by atoms with E-state index in [9.17, 15) is 8.78 Å². The number of benzene rings is 1. The zero-order valence-corrected chi connectivity index (χ0v) is 19.1. The highest BCUT2D eigenvalue weighted by Gasteiger charge is 2.12. The summed E-state index contributed by atoms with van der Waals surface area (Å²) < 4.78 is 40.8. The SMILES string of the molecule is CCCOc1ccc(CN=C(N)NCCCN2CCOCC2)c(OC(F)F)c1.I. The smallest absolute Gasteiger partial charge is 0.387 e. The summed E-state index contributed by atoms with van der Waals surface area (Å²) in [6, 6.07) is 4.83. The van der Waals surface area contributed by atoms with E-state index in [0.717, 1.165) is 45.7 Å². The Kier molecular flexibility index (Phi) is 12.9. The summed E-state index contributed by atoms with van der Waals surface area (Å²) in [5.41, 5.74) is 6.40. The standard InChI is InChI=1S/C19H30F2N4O3.HI/c1-2-10-27-16-5-4-15(17(13-16)28-18(20)21)14-24-19(22)23-6-3-7-25-8-11-26-12-9-25;/h4-5,13,18H,2-3,6-12,14H2,1H3,(H3,22,23,24);1H. The minimum absolute atomic E-state index is 0. The third-order valence-corrected chi connectivity index (χ3v) is 4.21. The highest BCUT2D eigenvalue weighted by atomic mass is 127. The van der Waals surface area contributed by atoms with E-state index >= 15 is 0 Å². The Morgan fingerprint density at radius 1 is 1.34 bits per heavy atom. The molecule has 1 heterocycles. The molecule has 0 radical (unpaired) electrons. The van der Waals surface area contributed by atoms with Crippen molar-refractivity contribution in [1.82, 2.24) is 10.2 Å². The van der Waals surface area contributed by atoms with Crippen molar-refractivity contribution in [1.29, 1.82) is 0 Å². The molecule has 0 atom stereocenters. The van der Waals surface area contributed by atoms with Crippen molar-refractivity contribution in [3.63, 3.8) is 0 Å². The van der Waals surface area contributed by atoms with Gasteiger partial charge in [-0.05, 0) is 31.5 Å². The second kappa shape index (κ2) is 14.6. The number of aliphatic imine (C=N–C) groups is 1. The van der Waals surface area contributed by atoms with Crippen molar-refractivity contribution >= 4 is 29.9 Å². The molecule has 7 nitrogen and oxygen atoms in total. The summed E-state index contributed by atoms with van der Waals surface area (Å²) in [5, 5.41) is 3.05. The van der Waals surface area contributed by atoms with Crippen LogP contribution in [-0.4, -0.2) is 63.5 Å². The van der Waals surface area contributed by atoms with Crippen LogP contribution in [0.25, 0.3) is 0 Å². The Bertz CT molecular complexity index is 617. The van der Waals surface area contributed by atoms with Crippen molar-refractivity contribution in [2.75, 3.05) is 46.0 Å². The van der Waals surface area contributed by atoms with E-state index in [-0.39, 0.29) is 42.2 Å². The highest BCUT2D eigenvalue weighted by molar-refractivity contribution is 14.0. The van der Waals surface area contributed by atoms with Gasteiger partial charge >= 0.3 is 6.61 Å². The van der Waals surface area contributed by atoms with Gasteiger partial charge in [0.2, 0.25) is 0 Å². The van der Waals surface area contributed by atoms with Crippen LogP contribution in [0.2, 0.25) is 0 Å². The molecule has 0 spiro atoms. The summed E-state index contributed by atoms with van der Waals surface area (Å²) in [7, 11) is 0. The molecule has 0 unspecified atom stereocenters. The minimum atomic E-state index is -2.92. The molecule has 1 aromatic carbocycles. The van der Waals surface area contributed by atoms with Gasteiger partial charge in [-0.1, -0.05) is 6.92 Å². The lowest BCUT2D eigenvalue weighted by Crippen LogP contribution is -2.39. The van der Waals surface area contributed by atoms with E-state index in [1.807, 2.05) is 6.92 Å². The molecule has 29 heavy (non-hydrogen) atoms. The Labute approximate surface area is 188 Å². The van der Waals surface area contributed by atoms with Crippen molar-refractivity contribution in [2.45, 2.75) is 32.9 Å². The van der Waals surface area contributed by atoms with Gasteiger partial charge < -0.3 is 25.3 Å². The van der Waals surface area contributed by atoms with Crippen LogP contribution in [0, 0.1) is 0 Å². The van der Waals surface area contributed by atoms with Gasteiger partial charge in [-0.15, -0.1) is 24.0 Å². The lowest BCUT2D eigenvalue weighted by molar-refractivity contribution is -0.0505. The summed E-state index contributed by atoms with van der Waals surface area (Å²) >= 11 is 0. The van der Waals surface area contributed by atoms with Crippen LogP contribution < -0.4 is 20.5 Å². The zero-order chi connectivity index (χ0) is 20.2. The van der Waals surface area contributed by atoms with Crippen LogP contribution in [0.4, 0.5) is 8.78 Å². The van der Waals surface area contributed by atoms with Crippen LogP contribution in [0.1, 0.15) is 25.3 Å². The number of halogens is 3. The lowest BCUT2D eigenvalue weighted by Gasteiger charge is -2.26. The quantitative estimate of drug-likeness (QED) is 0.199. The monoisotopic (exact) mass is 528 g/mol. The Morgan fingerprint density at radius 3 is 2.79 bits per heavy atom. The van der Waals surface area contributed by atoms with E-state index in [4.69, 9.17) is 15.2 Å². The average Bonchev–Trinajstić information content (AvgIpc) is 2.69. The second-order valence-electron chi connectivity index (χ2n) is 6.43. The van der Waals surface area contributed by atoms with E-state index in [1.54, 1.807) is 12.1 Å². The van der Waals surface area contributed by atoms with Crippen molar-refractivity contribution in [2.24, 2.45) is 10.7 Å². The molecule has 1 aliphatic rings. The summed E-state index contributed by atoms with van der Waals surface area (Å²) in [6.07, 6.45) is 1.75. The number of nitrogens with one attached hydrogen (secondary N) is 1. The van der Waals surface area contributed by atoms with Gasteiger partial charge in [-0.3, -0.25) is 4.90 Å². The number of hydrogen-bond donors (Lipinski definition) is 2. The molecule has 1 aliphatic heterocycles. The molecule has 1 saturated heterocycles. The molecule has 1 fully saturated rings. The van der Waals surface area contributed by atoms with Gasteiger partial charge in [0.15, 0.2) is 5.96 Å². The molecule has 2 rings (SSSR count). The van der Waals surface area contributed by atoms with Gasteiger partial charge in [0, 0.05) is 31.3 Å². The summed E-state index contributed by atoms with van der Waals surface area (Å²) in [6.45, 7) is 4.82. The topological polar surface area (TPSA) is 81.3 Å². The lowest BCUT2D eigenvalue weighted by atomic mass is 10.2. The van der Waals surface area contributed by atoms with Crippen LogP contribution in [0.5, 0.6) is 11.5 Å². The number of alkyl halides is 2. The number of rotatable bonds is 11. The number of morpholine rings is 1. The molecule has 3 N–H and O–H groups in total. The molecule has 10 heteroatoms. The maximum absolute atomic E-state index is 12.7. The zero-order valence-electron chi connectivity index (χ0n) is 16.7. The molecule has 1 aromatic rings. The van der Waals surface area contributed by atoms with Gasteiger partial charge in [0.1, 0.15) is 11.5 Å². The Morgan fingerprint density at radius 2 is 2.10 bits per heavy atom. The summed E-state index contributed by atoms with van der Waals surface area (Å²) in [5.74, 6) is 0.809. The number of ether oxygens (including phenoxy) is 3. The summed E-state index contributed by atoms with van der Waals surface area (Å²) in [4.78, 5) is 6.56. The van der Waals surface area contributed by atoms with Crippen LogP contribution in [-0.2, 0) is 11.3 Å². The number of hydrogen-bond acceptors (Lipinski definition) is 5. The molecular weight excluding hydrogens is 497 g/mol. The minimum Gasteiger partial charge on any atom is -0.493 e. The Balaban J connectivity index is 0.00000420. The van der Waals surface area contributed by atoms with Crippen LogP contribution >= 0.6 is 24.0 Å². The maximum atomic E-state index is 12.7. The molecule has 0 amide bonds. The second-order valence-corrected chi connectivity index (χ2v) is 6.43. The molecule has 0 aliphatic carbocycles. The van der Waals surface area contributed by atoms with E-state index in [1.165, 1.54) is 6.07 Å². The van der Waals surface area contributed by atoms with Gasteiger partial charge in [0.25, 0.3) is 0 Å². The van der Waals surface area contributed by atoms with E-state index < -0.39 is 6.61 Å². The molecule has 166 valence electrons. The van der Waals surface area contributed by atoms with Crippen molar-refractivity contribution < 1.29 is 23.0 Å². The number of guanidine groups is 1. The normalized spacial score (nSPS) is 15.1. The Hall–Kier alpha value is -1.40. The molecule has 0 saturated carbocycles. The third kappa shape index (κ3) is 10.3. The van der Waals surface area contributed by atoms with Crippen molar-refractivity contribution in [3.8, 4) is 11.5 Å². The first-order valence-electron chi connectivity index (χ1n) is 9.63. The maximum Gasteiger partial charge on any atom is 0.387 e. The van der Waals surface area contributed by atoms with Gasteiger partial charge in [-0.25, -0.2) is 4.99 Å². The largest absolute Gasteiger partial charge is 0.493 e. The van der Waals surface area contributed by atoms with Crippen LogP contribution in [0.3, 0.4) is 0 Å². The fraction of sp³-hybridized carbons (Fsp3) is 0.632. The first kappa shape index (κ1) is 25.6. The average molecular weight is 528 g/mol. The fourth-order valence-electron chi connectivity index (χ4n) is 2.75. The predicted octanol–water partition coefficient (Wildman–Crippen LogP) is 2.82. The number of nitrogens with zero attached hydrogens (tertiary/aromatic N) is 2. The van der Waals surface area contributed by atoms with Gasteiger partial charge in [0.05, 0.1) is 26.4 Å². The molecular formula is C19H31F2IN4O3. The first-order valence-corrected chi connectivity index (χ1v) is 9.63. The van der Waals surface area contributed by atoms with Crippen molar-refractivity contribution in [3.05, 3.63) is 23.8 Å². The highest BCUT2D eigenvalue weighted by Crippen LogP contribution is 2.27. The van der Waals surface area contributed by atoms with E-state index in [2.05, 4.69) is 19.9 Å². The molecule has 0 aromatic heterocycles. The van der Waals surface area contributed by atoms with E-state index in [0.29, 0.717) is 24.5 Å². The van der Waals surface area contributed by atoms with Gasteiger partial charge in [-0.2, -0.15) is 8.78 Å². The first-order chi connectivity index (χ1) is 13.6. The fourth-order valence-corrected chi connectivity index (χ4v) is 2.75. The van der Waals surface area contributed by atoms with Crippen LogP contribution in [0.15, 0.2) is 23.2 Å². The molecule has 0 bridgehead atoms. The predicted molar refractivity (Wildman–Crippen MR) is 119 cm³/mol. The number of nitrogens with two attached hydrogens (primary N) is 1. The third-order valence-electron chi connectivity index (χ3n) is 4.21.